The quantitative estimate of drug-likeness (QED) is 0.833. The maximum atomic E-state index is 12.4. The Kier molecular flexibility index (Phi) is 5.55. The lowest BCUT2D eigenvalue weighted by atomic mass is 9.86. The van der Waals surface area contributed by atoms with Gasteiger partial charge in [0.15, 0.2) is 0 Å². The van der Waals surface area contributed by atoms with Gasteiger partial charge in [-0.25, -0.2) is 0 Å². The topological polar surface area (TPSA) is 38.3 Å². The van der Waals surface area contributed by atoms with Crippen LogP contribution in [0.2, 0.25) is 5.02 Å². The smallest absolute Gasteiger partial charge is 0.251 e. The molecule has 4 heteroatoms. The van der Waals surface area contributed by atoms with Crippen LogP contribution in [0.4, 0.5) is 0 Å². The van der Waals surface area contributed by atoms with Crippen molar-refractivity contribution in [2.75, 3.05) is 7.11 Å². The molecule has 0 aliphatic heterocycles. The Bertz CT molecular complexity index is 717. The minimum Gasteiger partial charge on any atom is -0.495 e. The number of halogens is 1. The highest BCUT2D eigenvalue weighted by molar-refractivity contribution is 6.32. The van der Waals surface area contributed by atoms with Crippen LogP contribution in [0.15, 0.2) is 42.5 Å². The first kappa shape index (κ1) is 18.3. The van der Waals surface area contributed by atoms with Crippen molar-refractivity contribution in [3.05, 3.63) is 64.2 Å². The van der Waals surface area contributed by atoms with E-state index < -0.39 is 0 Å². The number of carbonyl (C=O) groups is 1. The molecule has 2 rings (SSSR count). The Hall–Kier alpha value is -2.00. The van der Waals surface area contributed by atoms with Crippen LogP contribution in [0.3, 0.4) is 0 Å². The maximum absolute atomic E-state index is 12.4. The standard InChI is InChI=1S/C20H24ClNO2/c1-13(14-6-9-16(10-7-14)20(2,3)4)22-19(23)15-8-11-18(24-5)17(21)12-15/h6-13H,1-5H3,(H,22,23)/t13-/m0/s1. The van der Waals surface area contributed by atoms with E-state index in [2.05, 4.69) is 50.4 Å². The molecule has 0 heterocycles. The summed E-state index contributed by atoms with van der Waals surface area (Å²) in [7, 11) is 1.55. The lowest BCUT2D eigenvalue weighted by molar-refractivity contribution is 0.0940. The number of ether oxygens (including phenoxy) is 1. The summed E-state index contributed by atoms with van der Waals surface area (Å²) in [4.78, 5) is 12.4. The van der Waals surface area contributed by atoms with Gasteiger partial charge in [0, 0.05) is 5.56 Å². The van der Waals surface area contributed by atoms with Crippen molar-refractivity contribution in [3.63, 3.8) is 0 Å². The minimum atomic E-state index is -0.160. The van der Waals surface area contributed by atoms with Crippen LogP contribution >= 0.6 is 11.6 Å². The summed E-state index contributed by atoms with van der Waals surface area (Å²) in [6.07, 6.45) is 0. The molecule has 0 fully saturated rings. The molecule has 128 valence electrons. The van der Waals surface area contributed by atoms with E-state index in [1.807, 2.05) is 6.92 Å². The molecular formula is C20H24ClNO2. The molecule has 2 aromatic carbocycles. The normalized spacial score (nSPS) is 12.6. The number of carbonyl (C=O) groups excluding carboxylic acids is 1. The molecule has 0 aliphatic rings. The molecule has 3 nitrogen and oxygen atoms in total. The number of nitrogens with one attached hydrogen (secondary N) is 1. The zero-order valence-corrected chi connectivity index (χ0v) is 15.6. The van der Waals surface area contributed by atoms with Crippen LogP contribution in [-0.2, 0) is 5.41 Å². The second kappa shape index (κ2) is 7.27. The van der Waals surface area contributed by atoms with Gasteiger partial charge in [0.05, 0.1) is 18.2 Å². The average molecular weight is 346 g/mol. The molecule has 1 amide bonds. The number of rotatable bonds is 4. The van der Waals surface area contributed by atoms with Gasteiger partial charge in [-0.2, -0.15) is 0 Å². The Labute approximate surface area is 149 Å². The molecule has 0 aromatic heterocycles. The molecule has 0 radical (unpaired) electrons. The number of hydrogen-bond acceptors (Lipinski definition) is 2. The van der Waals surface area contributed by atoms with Crippen molar-refractivity contribution in [3.8, 4) is 5.75 Å². The van der Waals surface area contributed by atoms with Gasteiger partial charge in [-0.15, -0.1) is 0 Å². The van der Waals surface area contributed by atoms with E-state index in [0.717, 1.165) is 5.56 Å². The average Bonchev–Trinajstić information content (AvgIpc) is 2.54. The fraction of sp³-hybridized carbons (Fsp3) is 0.350. The number of methoxy groups -OCH3 is 1. The van der Waals surface area contributed by atoms with Crippen molar-refractivity contribution in [1.29, 1.82) is 0 Å². The highest BCUT2D eigenvalue weighted by Gasteiger charge is 2.16. The third kappa shape index (κ3) is 4.30. The highest BCUT2D eigenvalue weighted by Crippen LogP contribution is 2.26. The molecular weight excluding hydrogens is 322 g/mol. The molecule has 0 bridgehead atoms. The van der Waals surface area contributed by atoms with Gasteiger partial charge in [0.1, 0.15) is 5.75 Å². The summed E-state index contributed by atoms with van der Waals surface area (Å²) in [5.41, 5.74) is 2.96. The predicted octanol–water partition coefficient (Wildman–Crippen LogP) is 5.14. The van der Waals surface area contributed by atoms with E-state index in [9.17, 15) is 4.79 Å². The Morgan fingerprint density at radius 3 is 2.25 bits per heavy atom. The third-order valence-electron chi connectivity index (χ3n) is 4.04. The van der Waals surface area contributed by atoms with E-state index in [-0.39, 0.29) is 17.4 Å². The van der Waals surface area contributed by atoms with E-state index in [0.29, 0.717) is 16.3 Å². The summed E-state index contributed by atoms with van der Waals surface area (Å²) in [6, 6.07) is 13.3. The Balaban J connectivity index is 2.10. The molecule has 0 spiro atoms. The number of benzene rings is 2. The summed E-state index contributed by atoms with van der Waals surface area (Å²) < 4.78 is 5.11. The van der Waals surface area contributed by atoms with Crippen LogP contribution in [0, 0.1) is 0 Å². The monoisotopic (exact) mass is 345 g/mol. The molecule has 0 saturated carbocycles. The maximum Gasteiger partial charge on any atom is 0.251 e. The van der Waals surface area contributed by atoms with Gasteiger partial charge in [0.2, 0.25) is 0 Å². The van der Waals surface area contributed by atoms with Crippen LogP contribution in [-0.4, -0.2) is 13.0 Å². The lowest BCUT2D eigenvalue weighted by Crippen LogP contribution is -2.26. The minimum absolute atomic E-state index is 0.0904. The van der Waals surface area contributed by atoms with Gasteiger partial charge in [0.25, 0.3) is 5.91 Å². The summed E-state index contributed by atoms with van der Waals surface area (Å²) in [5, 5.41) is 3.42. The second-order valence-corrected chi connectivity index (χ2v) is 7.32. The molecule has 2 aromatic rings. The fourth-order valence-corrected chi connectivity index (χ4v) is 2.70. The molecule has 0 unspecified atom stereocenters. The van der Waals surface area contributed by atoms with Gasteiger partial charge in [-0.1, -0.05) is 56.6 Å². The Morgan fingerprint density at radius 2 is 1.75 bits per heavy atom. The van der Waals surface area contributed by atoms with Gasteiger partial charge < -0.3 is 10.1 Å². The van der Waals surface area contributed by atoms with Crippen molar-refractivity contribution in [2.45, 2.75) is 39.2 Å². The van der Waals surface area contributed by atoms with Gasteiger partial charge in [-0.3, -0.25) is 4.79 Å². The first-order valence-corrected chi connectivity index (χ1v) is 8.35. The van der Waals surface area contributed by atoms with Gasteiger partial charge in [-0.05, 0) is 41.7 Å². The summed E-state index contributed by atoms with van der Waals surface area (Å²) >= 11 is 6.08. The molecule has 0 aliphatic carbocycles. The first-order chi connectivity index (χ1) is 11.2. The first-order valence-electron chi connectivity index (χ1n) is 7.97. The molecule has 24 heavy (non-hydrogen) atoms. The highest BCUT2D eigenvalue weighted by atomic mass is 35.5. The summed E-state index contributed by atoms with van der Waals surface area (Å²) in [6.45, 7) is 8.51. The summed E-state index contributed by atoms with van der Waals surface area (Å²) in [5.74, 6) is 0.394. The molecule has 0 saturated heterocycles. The zero-order valence-electron chi connectivity index (χ0n) is 14.8. The fourth-order valence-electron chi connectivity index (χ4n) is 2.44. The second-order valence-electron chi connectivity index (χ2n) is 6.92. The number of amides is 1. The largest absolute Gasteiger partial charge is 0.495 e. The predicted molar refractivity (Wildman–Crippen MR) is 99.0 cm³/mol. The van der Waals surface area contributed by atoms with Crippen molar-refractivity contribution >= 4 is 17.5 Å². The Morgan fingerprint density at radius 1 is 1.12 bits per heavy atom. The van der Waals surface area contributed by atoms with Crippen LogP contribution in [0.25, 0.3) is 0 Å². The molecule has 1 atom stereocenters. The van der Waals surface area contributed by atoms with E-state index in [4.69, 9.17) is 16.3 Å². The van der Waals surface area contributed by atoms with E-state index >= 15 is 0 Å². The lowest BCUT2D eigenvalue weighted by Gasteiger charge is -2.21. The van der Waals surface area contributed by atoms with E-state index in [1.54, 1.807) is 25.3 Å². The van der Waals surface area contributed by atoms with Crippen LogP contribution in [0.5, 0.6) is 5.75 Å². The van der Waals surface area contributed by atoms with Crippen LogP contribution in [0.1, 0.15) is 55.2 Å². The van der Waals surface area contributed by atoms with Crippen molar-refractivity contribution in [2.24, 2.45) is 0 Å². The SMILES string of the molecule is COc1ccc(C(=O)N[C@@H](C)c2ccc(C(C)(C)C)cc2)cc1Cl. The van der Waals surface area contributed by atoms with E-state index in [1.165, 1.54) is 5.56 Å². The molecule has 1 N–H and O–H groups in total. The van der Waals surface area contributed by atoms with Crippen LogP contribution < -0.4 is 10.1 Å². The number of hydrogen-bond donors (Lipinski definition) is 1. The van der Waals surface area contributed by atoms with Gasteiger partial charge >= 0.3 is 0 Å². The zero-order chi connectivity index (χ0) is 17.9. The van der Waals surface area contributed by atoms with Crippen molar-refractivity contribution in [1.82, 2.24) is 5.32 Å². The third-order valence-corrected chi connectivity index (χ3v) is 4.33. The van der Waals surface area contributed by atoms with Crippen molar-refractivity contribution < 1.29 is 9.53 Å².